The van der Waals surface area contributed by atoms with Gasteiger partial charge < -0.3 is 16.0 Å². The van der Waals surface area contributed by atoms with E-state index in [4.69, 9.17) is 23.1 Å². The molecule has 0 amide bonds. The van der Waals surface area contributed by atoms with Crippen LogP contribution in [-0.2, 0) is 6.54 Å². The number of benzene rings is 3. The van der Waals surface area contributed by atoms with Crippen LogP contribution < -0.4 is 11.5 Å². The highest BCUT2D eigenvalue weighted by Crippen LogP contribution is 2.26. The third-order valence-electron chi connectivity index (χ3n) is 4.41. The van der Waals surface area contributed by atoms with Crippen LogP contribution in [-0.4, -0.2) is 16.7 Å². The second kappa shape index (κ2) is 7.13. The van der Waals surface area contributed by atoms with Gasteiger partial charge >= 0.3 is 0 Å². The average Bonchev–Trinajstić information content (AvgIpc) is 2.98. The van der Waals surface area contributed by atoms with Crippen LogP contribution in [0.25, 0.3) is 21.7 Å². The van der Waals surface area contributed by atoms with Gasteiger partial charge in [0.1, 0.15) is 0 Å². The van der Waals surface area contributed by atoms with E-state index >= 15 is 0 Å². The quantitative estimate of drug-likeness (QED) is 0.320. The molecule has 0 saturated carbocycles. The molecule has 4 rings (SSSR count). The number of nitrogens with two attached hydrogens (primary N) is 2. The summed E-state index contributed by atoms with van der Waals surface area (Å²) in [5.41, 5.74) is 13.9. The summed E-state index contributed by atoms with van der Waals surface area (Å²) in [5, 5.41) is 11.7. The van der Waals surface area contributed by atoms with Gasteiger partial charge in [0.05, 0.1) is 6.21 Å². The molecule has 5 nitrogen and oxygen atoms in total. The van der Waals surface area contributed by atoms with Crippen LogP contribution in [0.2, 0.25) is 5.02 Å². The molecule has 0 radical (unpaired) electrons. The standard InChI is InChI=1S/C21H18ClN5/c22-18-7-8-20-19(10-18)17(11-25-26-21(23)24)13-27(20)12-14-5-6-15-3-1-2-4-16(15)9-14/h1-11,13H,12H2,(H4,23,24,26)/b25-11+. The van der Waals surface area contributed by atoms with E-state index in [2.05, 4.69) is 51.2 Å². The van der Waals surface area contributed by atoms with E-state index in [0.717, 1.165) is 23.0 Å². The van der Waals surface area contributed by atoms with Crippen LogP contribution >= 0.6 is 11.6 Å². The van der Waals surface area contributed by atoms with E-state index in [9.17, 15) is 0 Å². The molecular formula is C21H18ClN5. The predicted molar refractivity (Wildman–Crippen MR) is 113 cm³/mol. The van der Waals surface area contributed by atoms with Crippen LogP contribution in [0.5, 0.6) is 0 Å². The van der Waals surface area contributed by atoms with Gasteiger partial charge in [-0.05, 0) is 40.6 Å². The molecule has 0 aliphatic rings. The lowest BCUT2D eigenvalue weighted by Gasteiger charge is -2.07. The third kappa shape index (κ3) is 3.64. The molecule has 0 fully saturated rings. The summed E-state index contributed by atoms with van der Waals surface area (Å²) in [6.45, 7) is 0.735. The first-order valence-corrected chi connectivity index (χ1v) is 8.86. The van der Waals surface area contributed by atoms with E-state index in [0.29, 0.717) is 5.02 Å². The third-order valence-corrected chi connectivity index (χ3v) is 4.65. The molecule has 0 aliphatic carbocycles. The van der Waals surface area contributed by atoms with E-state index in [1.54, 1.807) is 6.21 Å². The highest BCUT2D eigenvalue weighted by Gasteiger charge is 2.09. The number of nitrogens with zero attached hydrogens (tertiary/aromatic N) is 3. The van der Waals surface area contributed by atoms with Crippen LogP contribution in [0, 0.1) is 0 Å². The van der Waals surface area contributed by atoms with Gasteiger partial charge in [0.2, 0.25) is 5.96 Å². The fourth-order valence-corrected chi connectivity index (χ4v) is 3.39. The Hall–Kier alpha value is -3.31. The van der Waals surface area contributed by atoms with Gasteiger partial charge in [0.15, 0.2) is 0 Å². The van der Waals surface area contributed by atoms with Crippen molar-refractivity contribution < 1.29 is 0 Å². The number of hydrogen-bond acceptors (Lipinski definition) is 2. The molecule has 3 aromatic carbocycles. The van der Waals surface area contributed by atoms with Crippen molar-refractivity contribution in [3.8, 4) is 0 Å². The number of rotatable bonds is 4. The Kier molecular flexibility index (Phi) is 4.52. The van der Waals surface area contributed by atoms with Crippen molar-refractivity contribution in [1.82, 2.24) is 4.57 Å². The van der Waals surface area contributed by atoms with E-state index in [-0.39, 0.29) is 5.96 Å². The maximum Gasteiger partial charge on any atom is 0.211 e. The Morgan fingerprint density at radius 3 is 2.63 bits per heavy atom. The van der Waals surface area contributed by atoms with Gasteiger partial charge in [-0.25, -0.2) is 0 Å². The van der Waals surface area contributed by atoms with E-state index < -0.39 is 0 Å². The number of halogens is 1. The van der Waals surface area contributed by atoms with Crippen molar-refractivity contribution in [3.63, 3.8) is 0 Å². The summed E-state index contributed by atoms with van der Waals surface area (Å²) in [4.78, 5) is 0. The second-order valence-electron chi connectivity index (χ2n) is 6.32. The van der Waals surface area contributed by atoms with Gasteiger partial charge in [-0.2, -0.15) is 5.10 Å². The fraction of sp³-hybridized carbons (Fsp3) is 0.0476. The number of hydrogen-bond donors (Lipinski definition) is 2. The molecule has 1 heterocycles. The molecule has 6 heteroatoms. The average molecular weight is 376 g/mol. The van der Waals surface area contributed by atoms with Crippen molar-refractivity contribution in [2.45, 2.75) is 6.54 Å². The fourth-order valence-electron chi connectivity index (χ4n) is 3.22. The predicted octanol–water partition coefficient (Wildman–Crippen LogP) is 4.10. The Morgan fingerprint density at radius 2 is 1.81 bits per heavy atom. The first-order valence-electron chi connectivity index (χ1n) is 8.48. The molecule has 4 aromatic rings. The largest absolute Gasteiger partial charge is 0.369 e. The molecule has 0 spiro atoms. The zero-order valence-corrected chi connectivity index (χ0v) is 15.3. The maximum atomic E-state index is 6.19. The second-order valence-corrected chi connectivity index (χ2v) is 6.76. The summed E-state index contributed by atoms with van der Waals surface area (Å²) >= 11 is 6.19. The lowest BCUT2D eigenvalue weighted by molar-refractivity contribution is 0.837. The minimum absolute atomic E-state index is 0.0795. The Bertz CT molecular complexity index is 1190. The zero-order chi connectivity index (χ0) is 18.8. The van der Waals surface area contributed by atoms with Crippen molar-refractivity contribution in [3.05, 3.63) is 83.0 Å². The van der Waals surface area contributed by atoms with Crippen molar-refractivity contribution in [2.24, 2.45) is 21.7 Å². The van der Waals surface area contributed by atoms with Gasteiger partial charge in [-0.1, -0.05) is 48.0 Å². The molecule has 0 unspecified atom stereocenters. The summed E-state index contributed by atoms with van der Waals surface area (Å²) in [6, 6.07) is 20.7. The van der Waals surface area contributed by atoms with Crippen LogP contribution in [0.3, 0.4) is 0 Å². The van der Waals surface area contributed by atoms with Gasteiger partial charge in [-0.3, -0.25) is 0 Å². The highest BCUT2D eigenvalue weighted by molar-refractivity contribution is 6.31. The van der Waals surface area contributed by atoms with E-state index in [1.165, 1.54) is 16.3 Å². The van der Waals surface area contributed by atoms with Crippen molar-refractivity contribution in [2.75, 3.05) is 0 Å². The molecule has 0 atom stereocenters. The monoisotopic (exact) mass is 375 g/mol. The Labute approximate surface area is 161 Å². The van der Waals surface area contributed by atoms with E-state index in [1.807, 2.05) is 30.5 Å². The van der Waals surface area contributed by atoms with Crippen LogP contribution in [0.1, 0.15) is 11.1 Å². The molecule has 0 bridgehead atoms. The number of fused-ring (bicyclic) bond motifs is 2. The summed E-state index contributed by atoms with van der Waals surface area (Å²) in [5.74, 6) is -0.0795. The lowest BCUT2D eigenvalue weighted by Crippen LogP contribution is -2.21. The highest BCUT2D eigenvalue weighted by atomic mass is 35.5. The zero-order valence-electron chi connectivity index (χ0n) is 14.5. The van der Waals surface area contributed by atoms with Gasteiger partial charge in [0, 0.05) is 34.2 Å². The summed E-state index contributed by atoms with van der Waals surface area (Å²) in [6.07, 6.45) is 3.66. The molecule has 27 heavy (non-hydrogen) atoms. The molecular weight excluding hydrogens is 358 g/mol. The van der Waals surface area contributed by atoms with Gasteiger partial charge in [0.25, 0.3) is 0 Å². The van der Waals surface area contributed by atoms with Crippen LogP contribution in [0.15, 0.2) is 77.1 Å². The van der Waals surface area contributed by atoms with Crippen molar-refractivity contribution >= 4 is 45.5 Å². The lowest BCUT2D eigenvalue weighted by atomic mass is 10.1. The first kappa shape index (κ1) is 17.1. The van der Waals surface area contributed by atoms with Crippen molar-refractivity contribution in [1.29, 1.82) is 0 Å². The Balaban J connectivity index is 1.76. The van der Waals surface area contributed by atoms with Gasteiger partial charge in [-0.15, -0.1) is 5.10 Å². The molecule has 1 aromatic heterocycles. The molecule has 134 valence electrons. The molecule has 0 aliphatic heterocycles. The maximum absolute atomic E-state index is 6.19. The minimum Gasteiger partial charge on any atom is -0.369 e. The minimum atomic E-state index is -0.0795. The summed E-state index contributed by atoms with van der Waals surface area (Å²) in [7, 11) is 0. The smallest absolute Gasteiger partial charge is 0.211 e. The topological polar surface area (TPSA) is 81.7 Å². The molecule has 4 N–H and O–H groups in total. The first-order chi connectivity index (χ1) is 13.1. The number of guanidine groups is 1. The normalized spacial score (nSPS) is 11.4. The SMILES string of the molecule is NC(N)=N/N=C/c1cn(Cc2ccc3ccccc3c2)c2ccc(Cl)cc12. The number of aromatic nitrogens is 1. The summed E-state index contributed by atoms with van der Waals surface area (Å²) < 4.78 is 2.17. The van der Waals surface area contributed by atoms with Crippen LogP contribution in [0.4, 0.5) is 0 Å². The Morgan fingerprint density at radius 1 is 1.00 bits per heavy atom. The molecule has 0 saturated heterocycles.